The SMILES string of the molecule is CCOCCCNCCSc1nnc(C)o1. The Kier molecular flexibility index (Phi) is 7.20. The fourth-order valence-electron chi connectivity index (χ4n) is 1.12. The summed E-state index contributed by atoms with van der Waals surface area (Å²) < 4.78 is 10.5. The van der Waals surface area contributed by atoms with Crippen LogP contribution in [-0.2, 0) is 4.74 Å². The molecule has 0 unspecified atom stereocenters. The summed E-state index contributed by atoms with van der Waals surface area (Å²) in [5.41, 5.74) is 0. The lowest BCUT2D eigenvalue weighted by molar-refractivity contribution is 0.145. The molecule has 1 aromatic heterocycles. The summed E-state index contributed by atoms with van der Waals surface area (Å²) in [5, 5.41) is 11.6. The molecule has 1 N–H and O–H groups in total. The van der Waals surface area contributed by atoms with Crippen LogP contribution in [0.2, 0.25) is 0 Å². The first kappa shape index (κ1) is 13.5. The lowest BCUT2D eigenvalue weighted by Crippen LogP contribution is -2.19. The molecule has 6 heteroatoms. The zero-order valence-corrected chi connectivity index (χ0v) is 10.7. The summed E-state index contributed by atoms with van der Waals surface area (Å²) in [6.45, 7) is 7.37. The first-order valence-corrected chi connectivity index (χ1v) is 6.53. The third kappa shape index (κ3) is 6.09. The molecule has 1 rings (SSSR count). The maximum Gasteiger partial charge on any atom is 0.276 e. The van der Waals surface area contributed by atoms with Crippen LogP contribution >= 0.6 is 11.8 Å². The number of nitrogens with zero attached hydrogens (tertiary/aromatic N) is 2. The Bertz CT molecular complexity index is 281. The van der Waals surface area contributed by atoms with Gasteiger partial charge in [0.2, 0.25) is 5.89 Å². The minimum atomic E-state index is 0.618. The minimum Gasteiger partial charge on any atom is -0.416 e. The van der Waals surface area contributed by atoms with Gasteiger partial charge in [0.05, 0.1) is 0 Å². The van der Waals surface area contributed by atoms with Crippen LogP contribution < -0.4 is 5.32 Å². The molecule has 0 aliphatic rings. The summed E-state index contributed by atoms with van der Waals surface area (Å²) in [6.07, 6.45) is 1.05. The molecule has 1 aromatic rings. The largest absolute Gasteiger partial charge is 0.416 e. The molecule has 0 aromatic carbocycles. The topological polar surface area (TPSA) is 60.2 Å². The van der Waals surface area contributed by atoms with Crippen molar-refractivity contribution in [3.05, 3.63) is 5.89 Å². The van der Waals surface area contributed by atoms with Gasteiger partial charge in [-0.3, -0.25) is 0 Å². The average molecular weight is 245 g/mol. The van der Waals surface area contributed by atoms with Gasteiger partial charge < -0.3 is 14.5 Å². The Morgan fingerprint density at radius 2 is 2.25 bits per heavy atom. The normalized spacial score (nSPS) is 10.9. The number of hydrogen-bond acceptors (Lipinski definition) is 6. The van der Waals surface area contributed by atoms with Crippen LogP contribution in [0.15, 0.2) is 9.64 Å². The standard InChI is InChI=1S/C10H19N3O2S/c1-3-14-7-4-5-11-6-8-16-10-13-12-9(2)15-10/h11H,3-8H2,1-2H3. The van der Waals surface area contributed by atoms with Gasteiger partial charge in [-0.25, -0.2) is 0 Å². The van der Waals surface area contributed by atoms with Gasteiger partial charge in [0, 0.05) is 32.4 Å². The van der Waals surface area contributed by atoms with Crippen molar-refractivity contribution in [1.29, 1.82) is 0 Å². The smallest absolute Gasteiger partial charge is 0.276 e. The van der Waals surface area contributed by atoms with Crippen molar-refractivity contribution in [2.24, 2.45) is 0 Å². The van der Waals surface area contributed by atoms with Crippen molar-refractivity contribution in [1.82, 2.24) is 15.5 Å². The molecule has 16 heavy (non-hydrogen) atoms. The van der Waals surface area contributed by atoms with Crippen LogP contribution in [0.1, 0.15) is 19.2 Å². The molecule has 5 nitrogen and oxygen atoms in total. The summed E-state index contributed by atoms with van der Waals surface area (Å²) in [5.74, 6) is 1.56. The maximum absolute atomic E-state index is 5.24. The number of rotatable bonds is 9. The van der Waals surface area contributed by atoms with E-state index >= 15 is 0 Å². The van der Waals surface area contributed by atoms with Gasteiger partial charge in [-0.1, -0.05) is 11.8 Å². The first-order chi connectivity index (χ1) is 7.83. The summed E-state index contributed by atoms with van der Waals surface area (Å²) >= 11 is 1.58. The number of nitrogens with one attached hydrogen (secondary N) is 1. The molecule has 0 amide bonds. The Morgan fingerprint density at radius 3 is 2.94 bits per heavy atom. The molecule has 0 aliphatic carbocycles. The Labute approximate surface area is 100 Å². The summed E-state index contributed by atoms with van der Waals surface area (Å²) in [6, 6.07) is 0. The molecule has 0 fully saturated rings. The maximum atomic E-state index is 5.24. The molecule has 0 atom stereocenters. The molecular formula is C10H19N3O2S. The predicted molar refractivity (Wildman–Crippen MR) is 63.7 cm³/mol. The van der Waals surface area contributed by atoms with E-state index in [-0.39, 0.29) is 0 Å². The molecule has 1 heterocycles. The number of aromatic nitrogens is 2. The third-order valence-corrected chi connectivity index (χ3v) is 2.68. The van der Waals surface area contributed by atoms with Crippen LogP contribution in [0, 0.1) is 6.92 Å². The highest BCUT2D eigenvalue weighted by Gasteiger charge is 2.01. The first-order valence-electron chi connectivity index (χ1n) is 5.54. The van der Waals surface area contributed by atoms with E-state index in [0.717, 1.165) is 38.5 Å². The molecule has 0 aliphatic heterocycles. The fourth-order valence-corrected chi connectivity index (χ4v) is 1.81. The van der Waals surface area contributed by atoms with E-state index in [1.165, 1.54) is 0 Å². The van der Waals surface area contributed by atoms with Gasteiger partial charge >= 0.3 is 0 Å². The van der Waals surface area contributed by atoms with Crippen molar-refractivity contribution in [2.45, 2.75) is 25.5 Å². The second-order valence-corrected chi connectivity index (χ2v) is 4.28. The number of ether oxygens (including phenoxy) is 1. The zero-order valence-electron chi connectivity index (χ0n) is 9.86. The van der Waals surface area contributed by atoms with Gasteiger partial charge in [-0.2, -0.15) is 0 Å². The van der Waals surface area contributed by atoms with E-state index < -0.39 is 0 Å². The van der Waals surface area contributed by atoms with Crippen LogP contribution in [-0.4, -0.2) is 42.3 Å². The van der Waals surface area contributed by atoms with Gasteiger partial charge in [0.25, 0.3) is 5.22 Å². The second kappa shape index (κ2) is 8.55. The lowest BCUT2D eigenvalue weighted by Gasteiger charge is -2.03. The number of thioether (sulfide) groups is 1. The van der Waals surface area contributed by atoms with Gasteiger partial charge in [0.15, 0.2) is 0 Å². The van der Waals surface area contributed by atoms with Crippen LogP contribution in [0.25, 0.3) is 0 Å². The van der Waals surface area contributed by atoms with Crippen molar-refractivity contribution in [2.75, 3.05) is 32.1 Å². The van der Waals surface area contributed by atoms with Crippen molar-refractivity contribution in [3.8, 4) is 0 Å². The molecule has 0 bridgehead atoms. The third-order valence-electron chi connectivity index (χ3n) is 1.86. The van der Waals surface area contributed by atoms with Crippen molar-refractivity contribution < 1.29 is 9.15 Å². The molecule has 92 valence electrons. The number of hydrogen-bond donors (Lipinski definition) is 1. The molecule has 0 saturated carbocycles. The average Bonchev–Trinajstić information content (AvgIpc) is 2.68. The summed E-state index contributed by atoms with van der Waals surface area (Å²) in [7, 11) is 0. The van der Waals surface area contributed by atoms with E-state index in [0.29, 0.717) is 11.1 Å². The zero-order chi connectivity index (χ0) is 11.6. The molecular weight excluding hydrogens is 226 g/mol. The lowest BCUT2D eigenvalue weighted by atomic mass is 10.4. The van der Waals surface area contributed by atoms with Crippen molar-refractivity contribution >= 4 is 11.8 Å². The van der Waals surface area contributed by atoms with Gasteiger partial charge in [0.1, 0.15) is 0 Å². The Hall–Kier alpha value is -0.590. The quantitative estimate of drug-likeness (QED) is 0.525. The van der Waals surface area contributed by atoms with Crippen LogP contribution in [0.3, 0.4) is 0 Å². The van der Waals surface area contributed by atoms with Gasteiger partial charge in [-0.05, 0) is 19.9 Å². The monoisotopic (exact) mass is 245 g/mol. The van der Waals surface area contributed by atoms with Crippen molar-refractivity contribution in [3.63, 3.8) is 0 Å². The summed E-state index contributed by atoms with van der Waals surface area (Å²) in [4.78, 5) is 0. The fraction of sp³-hybridized carbons (Fsp3) is 0.800. The van der Waals surface area contributed by atoms with E-state index in [4.69, 9.17) is 9.15 Å². The van der Waals surface area contributed by atoms with Crippen LogP contribution in [0.4, 0.5) is 0 Å². The molecule has 0 saturated heterocycles. The van der Waals surface area contributed by atoms with E-state index in [2.05, 4.69) is 15.5 Å². The highest BCUT2D eigenvalue weighted by atomic mass is 32.2. The Balaban J connectivity index is 1.88. The second-order valence-electron chi connectivity index (χ2n) is 3.24. The molecule has 0 radical (unpaired) electrons. The number of aryl methyl sites for hydroxylation is 1. The minimum absolute atomic E-state index is 0.618. The van der Waals surface area contributed by atoms with Crippen LogP contribution in [0.5, 0.6) is 0 Å². The highest BCUT2D eigenvalue weighted by molar-refractivity contribution is 7.99. The van der Waals surface area contributed by atoms with E-state index in [1.54, 1.807) is 18.7 Å². The van der Waals surface area contributed by atoms with Gasteiger partial charge in [-0.15, -0.1) is 10.2 Å². The predicted octanol–water partition coefficient (Wildman–Crippen LogP) is 1.49. The van der Waals surface area contributed by atoms with E-state index in [1.807, 2.05) is 6.92 Å². The Morgan fingerprint density at radius 1 is 1.38 bits per heavy atom. The highest BCUT2D eigenvalue weighted by Crippen LogP contribution is 2.14. The van der Waals surface area contributed by atoms with E-state index in [9.17, 15) is 0 Å². The molecule has 0 spiro atoms.